The van der Waals surface area contributed by atoms with E-state index in [1.54, 1.807) is 42.5 Å². The first kappa shape index (κ1) is 14.8. The maximum atomic E-state index is 11.8. The predicted octanol–water partition coefficient (Wildman–Crippen LogP) is 3.09. The summed E-state index contributed by atoms with van der Waals surface area (Å²) in [7, 11) is 0. The van der Waals surface area contributed by atoms with Crippen LogP contribution in [0.4, 0.5) is 5.69 Å². The van der Waals surface area contributed by atoms with Gasteiger partial charge in [0.25, 0.3) is 0 Å². The maximum absolute atomic E-state index is 11.8. The molecule has 2 rings (SSSR count). The lowest BCUT2D eigenvalue weighted by atomic mass is 10.2. The zero-order chi connectivity index (χ0) is 15.2. The molecule has 2 aromatic carbocycles. The summed E-state index contributed by atoms with van der Waals surface area (Å²) in [4.78, 5) is 22.7. The molecular formula is C16H13ClN2O2. The van der Waals surface area contributed by atoms with Gasteiger partial charge in [-0.1, -0.05) is 23.7 Å². The van der Waals surface area contributed by atoms with Gasteiger partial charge in [-0.15, -0.1) is 0 Å². The molecule has 0 radical (unpaired) electrons. The first-order chi connectivity index (χ1) is 10.0. The molecule has 5 heteroatoms. The quantitative estimate of drug-likeness (QED) is 0.852. The standard InChI is InChI=1S/C16H13ClN2O2/c17-13-6-1-11(2-7-13)3-10-15(20)19-14-8-4-12(5-9-14)16(18)21/h1-10H,(H2,18,21)(H,19,20)/b10-3+. The van der Waals surface area contributed by atoms with E-state index in [1.165, 1.54) is 6.08 Å². The number of nitrogens with one attached hydrogen (secondary N) is 1. The number of carbonyl (C=O) groups is 2. The van der Waals surface area contributed by atoms with Crippen LogP contribution in [0.3, 0.4) is 0 Å². The van der Waals surface area contributed by atoms with Crippen LogP contribution < -0.4 is 11.1 Å². The van der Waals surface area contributed by atoms with Crippen LogP contribution in [0.2, 0.25) is 5.02 Å². The van der Waals surface area contributed by atoms with Crippen LogP contribution >= 0.6 is 11.6 Å². The third-order valence-corrected chi connectivity index (χ3v) is 2.99. The average Bonchev–Trinajstić information content (AvgIpc) is 2.47. The fourth-order valence-electron chi connectivity index (χ4n) is 1.65. The smallest absolute Gasteiger partial charge is 0.248 e. The molecule has 0 heterocycles. The number of halogens is 1. The molecule has 21 heavy (non-hydrogen) atoms. The normalized spacial score (nSPS) is 10.5. The number of benzene rings is 2. The lowest BCUT2D eigenvalue weighted by Crippen LogP contribution is -2.11. The molecular weight excluding hydrogens is 288 g/mol. The lowest BCUT2D eigenvalue weighted by Gasteiger charge is -2.02. The Morgan fingerprint density at radius 3 is 2.19 bits per heavy atom. The number of carbonyl (C=O) groups excluding carboxylic acids is 2. The molecule has 106 valence electrons. The predicted molar refractivity (Wildman–Crippen MR) is 84.1 cm³/mol. The SMILES string of the molecule is NC(=O)c1ccc(NC(=O)/C=C/c2ccc(Cl)cc2)cc1. The maximum Gasteiger partial charge on any atom is 0.248 e. The molecule has 0 aromatic heterocycles. The van der Waals surface area contributed by atoms with Crippen molar-refractivity contribution in [1.82, 2.24) is 0 Å². The van der Waals surface area contributed by atoms with E-state index in [2.05, 4.69) is 5.32 Å². The van der Waals surface area contributed by atoms with Gasteiger partial charge >= 0.3 is 0 Å². The minimum atomic E-state index is -0.504. The van der Waals surface area contributed by atoms with E-state index in [1.807, 2.05) is 12.1 Å². The molecule has 0 aliphatic heterocycles. The average molecular weight is 301 g/mol. The Kier molecular flexibility index (Phi) is 4.74. The number of rotatable bonds is 4. The van der Waals surface area contributed by atoms with Gasteiger partial charge in [0, 0.05) is 22.3 Å². The van der Waals surface area contributed by atoms with E-state index < -0.39 is 5.91 Å². The summed E-state index contributed by atoms with van der Waals surface area (Å²) >= 11 is 5.78. The van der Waals surface area contributed by atoms with Crippen LogP contribution in [0.15, 0.2) is 54.6 Å². The highest BCUT2D eigenvalue weighted by molar-refractivity contribution is 6.30. The largest absolute Gasteiger partial charge is 0.366 e. The molecule has 0 aliphatic rings. The second kappa shape index (κ2) is 6.72. The van der Waals surface area contributed by atoms with E-state index in [9.17, 15) is 9.59 Å². The second-order valence-corrected chi connectivity index (χ2v) is 4.75. The number of nitrogens with two attached hydrogens (primary N) is 1. The van der Waals surface area contributed by atoms with Crippen molar-refractivity contribution in [1.29, 1.82) is 0 Å². The Morgan fingerprint density at radius 2 is 1.62 bits per heavy atom. The van der Waals surface area contributed by atoms with E-state index in [4.69, 9.17) is 17.3 Å². The minimum Gasteiger partial charge on any atom is -0.366 e. The summed E-state index contributed by atoms with van der Waals surface area (Å²) in [5, 5.41) is 3.33. The molecule has 2 aromatic rings. The van der Waals surface area contributed by atoms with Gasteiger partial charge < -0.3 is 11.1 Å². The van der Waals surface area contributed by atoms with Crippen LogP contribution in [-0.2, 0) is 4.79 Å². The van der Waals surface area contributed by atoms with Gasteiger partial charge in [-0.25, -0.2) is 0 Å². The topological polar surface area (TPSA) is 72.2 Å². The molecule has 0 atom stereocenters. The number of hydrogen-bond donors (Lipinski definition) is 2. The van der Waals surface area contributed by atoms with Gasteiger partial charge in [0.2, 0.25) is 11.8 Å². The van der Waals surface area contributed by atoms with Gasteiger partial charge in [-0.2, -0.15) is 0 Å². The van der Waals surface area contributed by atoms with Crippen molar-refractivity contribution in [2.24, 2.45) is 5.73 Å². The molecule has 0 saturated heterocycles. The van der Waals surface area contributed by atoms with Gasteiger partial charge in [0.15, 0.2) is 0 Å². The number of primary amides is 1. The molecule has 4 nitrogen and oxygen atoms in total. The van der Waals surface area contributed by atoms with Gasteiger partial charge in [0.05, 0.1) is 0 Å². The number of amides is 2. The summed E-state index contributed by atoms with van der Waals surface area (Å²) in [5.41, 5.74) is 7.00. The number of hydrogen-bond acceptors (Lipinski definition) is 2. The van der Waals surface area contributed by atoms with Crippen LogP contribution in [0.5, 0.6) is 0 Å². The summed E-state index contributed by atoms with van der Waals surface area (Å²) in [6.45, 7) is 0. The molecule has 0 spiro atoms. The Balaban J connectivity index is 1.98. The summed E-state index contributed by atoms with van der Waals surface area (Å²) in [6.07, 6.45) is 3.11. The highest BCUT2D eigenvalue weighted by Gasteiger charge is 2.01. The van der Waals surface area contributed by atoms with Gasteiger partial charge in [-0.3, -0.25) is 9.59 Å². The molecule has 2 amide bonds. The van der Waals surface area contributed by atoms with E-state index >= 15 is 0 Å². The lowest BCUT2D eigenvalue weighted by molar-refractivity contribution is -0.111. The molecule has 0 fully saturated rings. The zero-order valence-corrected chi connectivity index (χ0v) is 11.8. The van der Waals surface area contributed by atoms with Crippen molar-refractivity contribution in [2.45, 2.75) is 0 Å². The van der Waals surface area contributed by atoms with E-state index in [0.29, 0.717) is 16.3 Å². The Labute approximate surface area is 127 Å². The molecule has 0 aliphatic carbocycles. The Bertz CT molecular complexity index is 676. The fourth-order valence-corrected chi connectivity index (χ4v) is 1.77. The summed E-state index contributed by atoms with van der Waals surface area (Å²) in [6, 6.07) is 13.5. The molecule has 3 N–H and O–H groups in total. The highest BCUT2D eigenvalue weighted by Crippen LogP contribution is 2.12. The first-order valence-electron chi connectivity index (χ1n) is 6.19. The van der Waals surface area contributed by atoms with E-state index in [-0.39, 0.29) is 5.91 Å². The van der Waals surface area contributed by atoms with Crippen molar-refractivity contribution in [2.75, 3.05) is 5.32 Å². The van der Waals surface area contributed by atoms with Crippen molar-refractivity contribution in [3.05, 3.63) is 70.8 Å². The highest BCUT2D eigenvalue weighted by atomic mass is 35.5. The van der Waals surface area contributed by atoms with Gasteiger partial charge in [0.1, 0.15) is 0 Å². The molecule has 0 saturated carbocycles. The third-order valence-electron chi connectivity index (χ3n) is 2.73. The summed E-state index contributed by atoms with van der Waals surface area (Å²) in [5.74, 6) is -0.771. The van der Waals surface area contributed by atoms with Crippen LogP contribution in [0.1, 0.15) is 15.9 Å². The van der Waals surface area contributed by atoms with Crippen molar-refractivity contribution < 1.29 is 9.59 Å². The summed E-state index contributed by atoms with van der Waals surface area (Å²) < 4.78 is 0. The zero-order valence-electron chi connectivity index (χ0n) is 11.0. The van der Waals surface area contributed by atoms with E-state index in [0.717, 1.165) is 5.56 Å². The van der Waals surface area contributed by atoms with Crippen LogP contribution in [0, 0.1) is 0 Å². The van der Waals surface area contributed by atoms with Gasteiger partial charge in [-0.05, 0) is 48.0 Å². The fraction of sp³-hybridized carbons (Fsp3) is 0. The van der Waals surface area contributed by atoms with Crippen LogP contribution in [-0.4, -0.2) is 11.8 Å². The third kappa shape index (κ3) is 4.47. The molecule has 0 bridgehead atoms. The van der Waals surface area contributed by atoms with Crippen molar-refractivity contribution in [3.8, 4) is 0 Å². The minimum absolute atomic E-state index is 0.267. The van der Waals surface area contributed by atoms with Crippen LogP contribution in [0.25, 0.3) is 6.08 Å². The second-order valence-electron chi connectivity index (χ2n) is 4.32. The Morgan fingerprint density at radius 1 is 1.00 bits per heavy atom. The Hall–Kier alpha value is -2.59. The molecule has 0 unspecified atom stereocenters. The monoisotopic (exact) mass is 300 g/mol. The van der Waals surface area contributed by atoms with Crippen molar-refractivity contribution in [3.63, 3.8) is 0 Å². The number of anilines is 1. The first-order valence-corrected chi connectivity index (χ1v) is 6.57. The van der Waals surface area contributed by atoms with Crippen molar-refractivity contribution >= 4 is 35.2 Å².